The second-order valence-corrected chi connectivity index (χ2v) is 6.78. The SMILES string of the molecule is COc1cc(OC)c(NC(=O)c2cnn(-c3cccc(Cl)c3)c2C(F)(F)F)cc1Cl. The van der Waals surface area contributed by atoms with Crippen LogP contribution < -0.4 is 14.8 Å². The molecule has 0 saturated heterocycles. The highest BCUT2D eigenvalue weighted by atomic mass is 35.5. The average molecular weight is 460 g/mol. The van der Waals surface area contributed by atoms with Crippen molar-refractivity contribution >= 4 is 34.8 Å². The summed E-state index contributed by atoms with van der Waals surface area (Å²) in [4.78, 5) is 12.7. The molecule has 0 bridgehead atoms. The number of benzene rings is 2. The number of anilines is 1. The van der Waals surface area contributed by atoms with Crippen molar-refractivity contribution in [3.63, 3.8) is 0 Å². The van der Waals surface area contributed by atoms with E-state index in [1.165, 1.54) is 50.6 Å². The van der Waals surface area contributed by atoms with Gasteiger partial charge in [0.05, 0.1) is 42.4 Å². The van der Waals surface area contributed by atoms with Crippen molar-refractivity contribution in [2.45, 2.75) is 6.18 Å². The van der Waals surface area contributed by atoms with E-state index in [0.717, 1.165) is 6.20 Å². The van der Waals surface area contributed by atoms with Crippen LogP contribution in [0.15, 0.2) is 42.6 Å². The zero-order chi connectivity index (χ0) is 22.1. The van der Waals surface area contributed by atoms with Gasteiger partial charge in [0.2, 0.25) is 0 Å². The van der Waals surface area contributed by atoms with Crippen LogP contribution in [-0.2, 0) is 6.18 Å². The fourth-order valence-electron chi connectivity index (χ4n) is 2.74. The van der Waals surface area contributed by atoms with Crippen LogP contribution in [0.2, 0.25) is 10.0 Å². The summed E-state index contributed by atoms with van der Waals surface area (Å²) in [5.41, 5.74) is -1.81. The minimum atomic E-state index is -4.87. The van der Waals surface area contributed by atoms with Crippen molar-refractivity contribution in [3.05, 3.63) is 63.9 Å². The summed E-state index contributed by atoms with van der Waals surface area (Å²) < 4.78 is 52.2. The number of nitrogens with one attached hydrogen (secondary N) is 1. The molecular weight excluding hydrogens is 446 g/mol. The van der Waals surface area contributed by atoms with Crippen LogP contribution in [-0.4, -0.2) is 29.9 Å². The second-order valence-electron chi connectivity index (χ2n) is 5.94. The maximum atomic E-state index is 13.8. The highest BCUT2D eigenvalue weighted by Gasteiger charge is 2.40. The summed E-state index contributed by atoms with van der Waals surface area (Å²) in [5.74, 6) is -0.619. The molecule has 0 aliphatic heterocycles. The highest BCUT2D eigenvalue weighted by molar-refractivity contribution is 6.32. The standard InChI is InChI=1S/C19H14Cl2F3N3O3/c1-29-15-8-16(30-2)14(7-13(15)21)26-18(28)12-9-25-27(17(12)19(22,23)24)11-5-3-4-10(20)6-11/h3-9H,1-2H3,(H,26,28). The van der Waals surface area contributed by atoms with Gasteiger partial charge >= 0.3 is 6.18 Å². The summed E-state index contributed by atoms with van der Waals surface area (Å²) in [7, 11) is 2.72. The molecule has 3 aromatic rings. The number of ether oxygens (including phenoxy) is 2. The van der Waals surface area contributed by atoms with Gasteiger partial charge in [-0.25, -0.2) is 4.68 Å². The first-order valence-electron chi connectivity index (χ1n) is 8.29. The molecule has 11 heteroatoms. The Hall–Kier alpha value is -2.91. The van der Waals surface area contributed by atoms with Crippen molar-refractivity contribution in [2.24, 2.45) is 0 Å². The molecule has 0 aliphatic carbocycles. The molecule has 0 unspecified atom stereocenters. The lowest BCUT2D eigenvalue weighted by Gasteiger charge is -2.15. The molecule has 0 spiro atoms. The topological polar surface area (TPSA) is 65.4 Å². The first-order chi connectivity index (χ1) is 14.2. The average Bonchev–Trinajstić information content (AvgIpc) is 3.14. The maximum absolute atomic E-state index is 13.8. The Morgan fingerprint density at radius 1 is 1.10 bits per heavy atom. The molecule has 3 rings (SSSR count). The molecule has 1 heterocycles. The number of carbonyl (C=O) groups excluding carboxylic acids is 1. The first-order valence-corrected chi connectivity index (χ1v) is 9.05. The van der Waals surface area contributed by atoms with E-state index in [0.29, 0.717) is 4.68 Å². The number of methoxy groups -OCH3 is 2. The van der Waals surface area contributed by atoms with E-state index in [2.05, 4.69) is 10.4 Å². The summed E-state index contributed by atoms with van der Waals surface area (Å²) in [6.07, 6.45) is -4.04. The molecule has 158 valence electrons. The highest BCUT2D eigenvalue weighted by Crippen LogP contribution is 2.38. The van der Waals surface area contributed by atoms with Crippen LogP contribution in [0.3, 0.4) is 0 Å². The number of rotatable bonds is 5. The molecule has 0 aliphatic rings. The van der Waals surface area contributed by atoms with Crippen molar-refractivity contribution in [3.8, 4) is 17.2 Å². The Morgan fingerprint density at radius 3 is 2.40 bits per heavy atom. The third kappa shape index (κ3) is 4.31. The Bertz CT molecular complexity index is 1100. The monoisotopic (exact) mass is 459 g/mol. The largest absolute Gasteiger partial charge is 0.495 e. The lowest BCUT2D eigenvalue weighted by atomic mass is 10.2. The molecule has 1 aromatic heterocycles. The van der Waals surface area contributed by atoms with Crippen molar-refractivity contribution < 1.29 is 27.4 Å². The molecule has 30 heavy (non-hydrogen) atoms. The van der Waals surface area contributed by atoms with Crippen LogP contribution in [0, 0.1) is 0 Å². The fourth-order valence-corrected chi connectivity index (χ4v) is 3.16. The van der Waals surface area contributed by atoms with E-state index in [1.807, 2.05) is 0 Å². The minimum absolute atomic E-state index is 0.0546. The van der Waals surface area contributed by atoms with Gasteiger partial charge in [0.25, 0.3) is 5.91 Å². The molecule has 0 atom stereocenters. The fraction of sp³-hybridized carbons (Fsp3) is 0.158. The van der Waals surface area contributed by atoms with E-state index < -0.39 is 23.3 Å². The van der Waals surface area contributed by atoms with E-state index in [4.69, 9.17) is 32.7 Å². The van der Waals surface area contributed by atoms with Gasteiger partial charge < -0.3 is 14.8 Å². The third-order valence-electron chi connectivity index (χ3n) is 4.06. The summed E-state index contributed by atoms with van der Waals surface area (Å²) in [5, 5.41) is 6.48. The summed E-state index contributed by atoms with van der Waals surface area (Å²) >= 11 is 11.9. The first kappa shape index (κ1) is 21.8. The molecule has 6 nitrogen and oxygen atoms in total. The predicted octanol–water partition coefficient (Wildman–Crippen LogP) is 5.47. The molecule has 1 N–H and O–H groups in total. The van der Waals surface area contributed by atoms with Crippen molar-refractivity contribution in [1.29, 1.82) is 0 Å². The third-order valence-corrected chi connectivity index (χ3v) is 4.59. The number of hydrogen-bond acceptors (Lipinski definition) is 4. The number of amides is 1. The molecule has 0 radical (unpaired) electrons. The van der Waals surface area contributed by atoms with Gasteiger partial charge in [-0.05, 0) is 24.3 Å². The van der Waals surface area contributed by atoms with Crippen LogP contribution in [0.4, 0.5) is 18.9 Å². The van der Waals surface area contributed by atoms with Crippen LogP contribution in [0.25, 0.3) is 5.69 Å². The zero-order valence-electron chi connectivity index (χ0n) is 15.6. The summed E-state index contributed by atoms with van der Waals surface area (Å²) in [6.45, 7) is 0. The Morgan fingerprint density at radius 2 is 1.80 bits per heavy atom. The van der Waals surface area contributed by atoms with Crippen LogP contribution >= 0.6 is 23.2 Å². The Labute approximate surface area is 179 Å². The Kier molecular flexibility index (Phi) is 6.14. The minimum Gasteiger partial charge on any atom is -0.495 e. The van der Waals surface area contributed by atoms with Crippen molar-refractivity contribution in [2.75, 3.05) is 19.5 Å². The zero-order valence-corrected chi connectivity index (χ0v) is 17.1. The van der Waals surface area contributed by atoms with E-state index in [9.17, 15) is 18.0 Å². The van der Waals surface area contributed by atoms with E-state index in [1.54, 1.807) is 0 Å². The lowest BCUT2D eigenvalue weighted by molar-refractivity contribution is -0.143. The molecule has 0 fully saturated rings. The molecular formula is C19H14Cl2F3N3O3. The number of carbonyl (C=O) groups is 1. The lowest BCUT2D eigenvalue weighted by Crippen LogP contribution is -2.21. The number of nitrogens with zero attached hydrogens (tertiary/aromatic N) is 2. The van der Waals surface area contributed by atoms with Crippen LogP contribution in [0.1, 0.15) is 16.1 Å². The van der Waals surface area contributed by atoms with E-state index in [-0.39, 0.29) is 32.9 Å². The van der Waals surface area contributed by atoms with E-state index >= 15 is 0 Å². The predicted molar refractivity (Wildman–Crippen MR) is 106 cm³/mol. The van der Waals surface area contributed by atoms with Gasteiger partial charge in [0, 0.05) is 11.1 Å². The van der Waals surface area contributed by atoms with Gasteiger partial charge in [-0.15, -0.1) is 0 Å². The normalized spacial score (nSPS) is 11.3. The van der Waals surface area contributed by atoms with Gasteiger partial charge in [-0.3, -0.25) is 4.79 Å². The molecule has 1 amide bonds. The van der Waals surface area contributed by atoms with Gasteiger partial charge in [0.15, 0.2) is 5.69 Å². The molecule has 2 aromatic carbocycles. The van der Waals surface area contributed by atoms with Gasteiger partial charge in [0.1, 0.15) is 11.5 Å². The summed E-state index contributed by atoms with van der Waals surface area (Å²) in [6, 6.07) is 8.39. The van der Waals surface area contributed by atoms with Crippen molar-refractivity contribution in [1.82, 2.24) is 9.78 Å². The Balaban J connectivity index is 2.04. The number of aromatic nitrogens is 2. The van der Waals surface area contributed by atoms with Gasteiger partial charge in [-0.2, -0.15) is 18.3 Å². The quantitative estimate of drug-likeness (QED) is 0.549. The van der Waals surface area contributed by atoms with Gasteiger partial charge in [-0.1, -0.05) is 29.3 Å². The molecule has 0 saturated carbocycles. The maximum Gasteiger partial charge on any atom is 0.434 e. The number of hydrogen-bond donors (Lipinski definition) is 1. The number of alkyl halides is 3. The van der Waals surface area contributed by atoms with Crippen LogP contribution in [0.5, 0.6) is 11.5 Å². The smallest absolute Gasteiger partial charge is 0.434 e. The number of halogens is 5. The second kappa shape index (κ2) is 8.45.